The molecular formula is C23H18F2N2O. The van der Waals surface area contributed by atoms with Crippen LogP contribution in [0.3, 0.4) is 0 Å². The molecule has 0 unspecified atom stereocenters. The number of carbonyl (C=O) groups excluding carboxylic acids is 1. The van der Waals surface area contributed by atoms with Crippen molar-refractivity contribution in [1.82, 2.24) is 4.57 Å². The van der Waals surface area contributed by atoms with Crippen LogP contribution < -0.4 is 5.32 Å². The number of fused-ring (bicyclic) bond motifs is 1. The predicted molar refractivity (Wildman–Crippen MR) is 107 cm³/mol. The van der Waals surface area contributed by atoms with Gasteiger partial charge < -0.3 is 9.88 Å². The maximum absolute atomic E-state index is 13.9. The van der Waals surface area contributed by atoms with Crippen LogP contribution in [0.15, 0.2) is 72.9 Å². The Balaban J connectivity index is 1.68. The molecule has 0 aliphatic carbocycles. The molecule has 5 heteroatoms. The molecule has 0 fully saturated rings. The Labute approximate surface area is 161 Å². The van der Waals surface area contributed by atoms with Gasteiger partial charge in [0.15, 0.2) is 0 Å². The monoisotopic (exact) mass is 376 g/mol. The van der Waals surface area contributed by atoms with Gasteiger partial charge in [0, 0.05) is 18.1 Å². The minimum Gasteiger partial charge on any atom is -0.341 e. The third-order valence-corrected chi connectivity index (χ3v) is 4.68. The summed E-state index contributed by atoms with van der Waals surface area (Å²) in [5.41, 5.74) is 3.48. The van der Waals surface area contributed by atoms with Gasteiger partial charge in [-0.3, -0.25) is 4.79 Å². The quantitative estimate of drug-likeness (QED) is 0.499. The highest BCUT2D eigenvalue weighted by Crippen LogP contribution is 2.27. The molecule has 3 aromatic carbocycles. The number of aryl methyl sites for hydroxylation is 1. The smallest absolute Gasteiger partial charge is 0.258 e. The Kier molecular flexibility index (Phi) is 4.65. The topological polar surface area (TPSA) is 34.0 Å². The molecular weight excluding hydrogens is 358 g/mol. The van der Waals surface area contributed by atoms with Crippen molar-refractivity contribution in [2.45, 2.75) is 13.5 Å². The van der Waals surface area contributed by atoms with Gasteiger partial charge in [0.1, 0.15) is 11.6 Å². The lowest BCUT2D eigenvalue weighted by molar-refractivity contribution is 0.102. The van der Waals surface area contributed by atoms with Gasteiger partial charge in [-0.05, 0) is 36.8 Å². The summed E-state index contributed by atoms with van der Waals surface area (Å²) in [4.78, 5) is 12.5. The first kappa shape index (κ1) is 17.9. The number of rotatable bonds is 4. The van der Waals surface area contributed by atoms with Crippen LogP contribution >= 0.6 is 0 Å². The van der Waals surface area contributed by atoms with Gasteiger partial charge >= 0.3 is 0 Å². The highest BCUT2D eigenvalue weighted by atomic mass is 19.1. The molecule has 0 bridgehead atoms. The van der Waals surface area contributed by atoms with Gasteiger partial charge in [0.25, 0.3) is 5.91 Å². The van der Waals surface area contributed by atoms with E-state index < -0.39 is 17.5 Å². The average Bonchev–Trinajstić information content (AvgIpc) is 3.03. The second-order valence-electron chi connectivity index (χ2n) is 6.75. The van der Waals surface area contributed by atoms with Crippen LogP contribution in [-0.2, 0) is 6.54 Å². The third kappa shape index (κ3) is 3.51. The fraction of sp³-hybridized carbons (Fsp3) is 0.0870. The van der Waals surface area contributed by atoms with Crippen LogP contribution in [0.25, 0.3) is 10.9 Å². The fourth-order valence-corrected chi connectivity index (χ4v) is 3.23. The van der Waals surface area contributed by atoms with Crippen LogP contribution in [0.2, 0.25) is 0 Å². The first-order valence-electron chi connectivity index (χ1n) is 8.91. The molecule has 28 heavy (non-hydrogen) atoms. The summed E-state index contributed by atoms with van der Waals surface area (Å²) in [7, 11) is 0. The van der Waals surface area contributed by atoms with Gasteiger partial charge in [0.05, 0.1) is 16.8 Å². The average molecular weight is 376 g/mol. The van der Waals surface area contributed by atoms with Crippen LogP contribution in [0.1, 0.15) is 21.5 Å². The number of carbonyl (C=O) groups is 1. The Bertz CT molecular complexity index is 1160. The molecule has 4 aromatic rings. The van der Waals surface area contributed by atoms with Crippen molar-refractivity contribution in [3.05, 3.63) is 101 Å². The van der Waals surface area contributed by atoms with E-state index in [-0.39, 0.29) is 5.56 Å². The van der Waals surface area contributed by atoms with Gasteiger partial charge in [-0.2, -0.15) is 0 Å². The fourth-order valence-electron chi connectivity index (χ4n) is 3.23. The lowest BCUT2D eigenvalue weighted by atomic mass is 10.1. The Morgan fingerprint density at radius 3 is 2.54 bits per heavy atom. The third-order valence-electron chi connectivity index (χ3n) is 4.68. The summed E-state index contributed by atoms with van der Waals surface area (Å²) < 4.78 is 29.4. The standard InChI is InChI=1S/C23H18F2N2O/c1-15-6-8-16(9-7-15)13-27-14-21(18-4-2-3-5-22(18)27)26-23(28)19-12-17(24)10-11-20(19)25/h2-12,14H,13H2,1H3,(H,26,28). The largest absolute Gasteiger partial charge is 0.341 e. The summed E-state index contributed by atoms with van der Waals surface area (Å²) in [6.45, 7) is 2.67. The molecule has 140 valence electrons. The van der Waals surface area contributed by atoms with Crippen molar-refractivity contribution in [3.8, 4) is 0 Å². The second kappa shape index (κ2) is 7.27. The maximum atomic E-state index is 13.9. The Morgan fingerprint density at radius 2 is 1.75 bits per heavy atom. The zero-order chi connectivity index (χ0) is 19.7. The number of benzene rings is 3. The Hall–Kier alpha value is -3.47. The minimum absolute atomic E-state index is 0.324. The minimum atomic E-state index is -0.762. The molecule has 1 N–H and O–H groups in total. The van der Waals surface area contributed by atoms with Crippen LogP contribution in [0.5, 0.6) is 0 Å². The molecule has 1 heterocycles. The molecule has 1 amide bonds. The summed E-state index contributed by atoms with van der Waals surface area (Å²) in [6, 6.07) is 18.7. The van der Waals surface area contributed by atoms with E-state index in [1.54, 1.807) is 0 Å². The molecule has 4 rings (SSSR count). The van der Waals surface area contributed by atoms with Crippen LogP contribution in [0, 0.1) is 18.6 Å². The summed E-state index contributed by atoms with van der Waals surface area (Å²) in [5, 5.41) is 3.55. The molecule has 0 aliphatic heterocycles. The van der Waals surface area contributed by atoms with E-state index in [4.69, 9.17) is 0 Å². The van der Waals surface area contributed by atoms with Crippen molar-refractivity contribution >= 4 is 22.5 Å². The maximum Gasteiger partial charge on any atom is 0.258 e. The summed E-state index contributed by atoms with van der Waals surface area (Å²) >= 11 is 0. The van der Waals surface area contributed by atoms with E-state index in [1.807, 2.05) is 42.0 Å². The van der Waals surface area contributed by atoms with E-state index in [2.05, 4.69) is 29.6 Å². The molecule has 0 radical (unpaired) electrons. The van der Waals surface area contributed by atoms with Gasteiger partial charge in [-0.25, -0.2) is 8.78 Å². The van der Waals surface area contributed by atoms with Crippen molar-refractivity contribution in [3.63, 3.8) is 0 Å². The molecule has 0 saturated carbocycles. The van der Waals surface area contributed by atoms with Crippen molar-refractivity contribution < 1.29 is 13.6 Å². The Morgan fingerprint density at radius 1 is 1.00 bits per heavy atom. The zero-order valence-electron chi connectivity index (χ0n) is 15.2. The SMILES string of the molecule is Cc1ccc(Cn2cc(NC(=O)c3cc(F)ccc3F)c3ccccc32)cc1. The lowest BCUT2D eigenvalue weighted by Gasteiger charge is -2.06. The number of para-hydroxylation sites is 1. The number of hydrogen-bond acceptors (Lipinski definition) is 1. The van der Waals surface area contributed by atoms with E-state index in [9.17, 15) is 13.6 Å². The number of halogens is 2. The molecule has 0 aliphatic rings. The lowest BCUT2D eigenvalue weighted by Crippen LogP contribution is -2.14. The second-order valence-corrected chi connectivity index (χ2v) is 6.75. The summed E-state index contributed by atoms with van der Waals surface area (Å²) in [6.07, 6.45) is 1.82. The number of aromatic nitrogens is 1. The predicted octanol–water partition coefficient (Wildman–Crippen LogP) is 5.53. The van der Waals surface area contributed by atoms with Crippen molar-refractivity contribution in [1.29, 1.82) is 0 Å². The van der Waals surface area contributed by atoms with E-state index in [0.29, 0.717) is 12.2 Å². The molecule has 3 nitrogen and oxygen atoms in total. The van der Waals surface area contributed by atoms with Crippen molar-refractivity contribution in [2.75, 3.05) is 5.32 Å². The molecule has 1 aromatic heterocycles. The summed E-state index contributed by atoms with van der Waals surface area (Å²) in [5.74, 6) is -2.11. The van der Waals surface area contributed by atoms with Crippen LogP contribution in [-0.4, -0.2) is 10.5 Å². The van der Waals surface area contributed by atoms with Crippen LogP contribution in [0.4, 0.5) is 14.5 Å². The van der Waals surface area contributed by atoms with Crippen molar-refractivity contribution in [2.24, 2.45) is 0 Å². The van der Waals surface area contributed by atoms with Gasteiger partial charge in [-0.1, -0.05) is 48.0 Å². The van der Waals surface area contributed by atoms with E-state index in [0.717, 1.165) is 34.7 Å². The molecule has 0 saturated heterocycles. The zero-order valence-corrected chi connectivity index (χ0v) is 15.2. The highest BCUT2D eigenvalue weighted by Gasteiger charge is 2.16. The number of anilines is 1. The first-order chi connectivity index (χ1) is 13.5. The number of nitrogens with zero attached hydrogens (tertiary/aromatic N) is 1. The van der Waals surface area contributed by atoms with E-state index >= 15 is 0 Å². The number of nitrogens with one attached hydrogen (secondary N) is 1. The normalized spacial score (nSPS) is 11.0. The molecule has 0 spiro atoms. The number of amides is 1. The van der Waals surface area contributed by atoms with E-state index in [1.165, 1.54) is 5.56 Å². The first-order valence-corrected chi connectivity index (χ1v) is 8.91. The molecule has 0 atom stereocenters. The number of hydrogen-bond donors (Lipinski definition) is 1. The highest BCUT2D eigenvalue weighted by molar-refractivity contribution is 6.09. The van der Waals surface area contributed by atoms with Gasteiger partial charge in [0.2, 0.25) is 0 Å². The van der Waals surface area contributed by atoms with Gasteiger partial charge in [-0.15, -0.1) is 0 Å².